The topological polar surface area (TPSA) is 131 Å². The van der Waals surface area contributed by atoms with E-state index in [1.807, 2.05) is 0 Å². The molecule has 0 spiro atoms. The fourth-order valence-corrected chi connectivity index (χ4v) is 5.94. The van der Waals surface area contributed by atoms with Crippen molar-refractivity contribution in [2.75, 3.05) is 38.3 Å². The Morgan fingerprint density at radius 1 is 1.29 bits per heavy atom. The number of nitrogens with zero attached hydrogens (tertiary/aromatic N) is 1. The third-order valence-electron chi connectivity index (χ3n) is 5.07. The fraction of sp³-hybridized carbons (Fsp3) is 0.381. The lowest BCUT2D eigenvalue weighted by Gasteiger charge is -2.29. The Kier molecular flexibility index (Phi) is 8.66. The van der Waals surface area contributed by atoms with E-state index in [-0.39, 0.29) is 24.0 Å². The van der Waals surface area contributed by atoms with Crippen molar-refractivity contribution in [2.45, 2.75) is 24.3 Å². The molecule has 2 amide bonds. The number of carbonyl (C=O) groups excluding carboxylic acids is 3. The molecule has 13 heteroatoms. The molecule has 3 rings (SSSR count). The first-order valence-corrected chi connectivity index (χ1v) is 13.0. The molecule has 0 unspecified atom stereocenters. The lowest BCUT2D eigenvalue weighted by atomic mass is 10.1. The average molecular weight is 530 g/mol. The van der Waals surface area contributed by atoms with Gasteiger partial charge in [0.25, 0.3) is 11.8 Å². The Balaban J connectivity index is 1.85. The lowest BCUT2D eigenvalue weighted by Crippen LogP contribution is -2.49. The molecule has 1 aliphatic heterocycles. The Labute approximate surface area is 206 Å². The maximum Gasteiger partial charge on any atom is 0.325 e. The molecule has 2 N–H and O–H groups in total. The average Bonchev–Trinajstić information content (AvgIpc) is 3.27. The predicted octanol–water partition coefficient (Wildman–Crippen LogP) is 1.58. The van der Waals surface area contributed by atoms with Crippen LogP contribution in [0, 0.1) is 0 Å². The maximum absolute atomic E-state index is 13.3. The number of nitrogens with one attached hydrogen (secondary N) is 2. The molecule has 2 aromatic rings. The smallest absolute Gasteiger partial charge is 0.325 e. The highest BCUT2D eigenvalue weighted by molar-refractivity contribution is 7.89. The summed E-state index contributed by atoms with van der Waals surface area (Å²) < 4.78 is 39.2. The Hall–Kier alpha value is -2.51. The van der Waals surface area contributed by atoms with Crippen molar-refractivity contribution in [3.63, 3.8) is 0 Å². The van der Waals surface area contributed by atoms with Crippen LogP contribution in [0.5, 0.6) is 0 Å². The van der Waals surface area contributed by atoms with E-state index in [0.717, 1.165) is 18.4 Å². The number of hydrogen-bond acceptors (Lipinski definition) is 8. The number of amides is 2. The van der Waals surface area contributed by atoms with Gasteiger partial charge in [0.2, 0.25) is 10.0 Å². The molecule has 0 bridgehead atoms. The van der Waals surface area contributed by atoms with E-state index in [1.165, 1.54) is 23.1 Å². The summed E-state index contributed by atoms with van der Waals surface area (Å²) in [5.41, 5.74) is 0.891. The number of anilines is 1. The molecule has 1 atom stereocenters. The maximum atomic E-state index is 13.3. The molecule has 34 heavy (non-hydrogen) atoms. The largest absolute Gasteiger partial charge is 0.468 e. The van der Waals surface area contributed by atoms with Gasteiger partial charge in [0, 0.05) is 18.8 Å². The lowest BCUT2D eigenvalue weighted by molar-refractivity contribution is -0.142. The Morgan fingerprint density at radius 2 is 2.06 bits per heavy atom. The SMILES string of the molecule is CCc1c(N2CCOCC2=O)cccc1S(=O)(=O)N[C@@H](CNC(=O)c1ccc(Cl)s1)C(=O)OC. The number of esters is 1. The van der Waals surface area contributed by atoms with E-state index in [2.05, 4.69) is 10.0 Å². The number of rotatable bonds is 9. The molecule has 10 nitrogen and oxygen atoms in total. The molecule has 2 heterocycles. The van der Waals surface area contributed by atoms with Crippen molar-refractivity contribution in [2.24, 2.45) is 0 Å². The zero-order valence-corrected chi connectivity index (χ0v) is 20.9. The van der Waals surface area contributed by atoms with Crippen LogP contribution in [0.4, 0.5) is 5.69 Å². The minimum Gasteiger partial charge on any atom is -0.468 e. The van der Waals surface area contributed by atoms with Gasteiger partial charge >= 0.3 is 5.97 Å². The van der Waals surface area contributed by atoms with Gasteiger partial charge in [-0.05, 0) is 36.2 Å². The van der Waals surface area contributed by atoms with E-state index < -0.39 is 27.9 Å². The molecule has 184 valence electrons. The molecule has 1 saturated heterocycles. The van der Waals surface area contributed by atoms with Gasteiger partial charge in [-0.3, -0.25) is 14.4 Å². The van der Waals surface area contributed by atoms with Gasteiger partial charge in [0.1, 0.15) is 12.6 Å². The van der Waals surface area contributed by atoms with Crippen LogP contribution < -0.4 is 14.9 Å². The Bertz CT molecular complexity index is 1180. The van der Waals surface area contributed by atoms with Crippen molar-refractivity contribution < 1.29 is 32.3 Å². The van der Waals surface area contributed by atoms with Gasteiger partial charge in [-0.15, -0.1) is 11.3 Å². The van der Waals surface area contributed by atoms with Crippen LogP contribution in [0.25, 0.3) is 0 Å². The molecule has 1 aromatic carbocycles. The van der Waals surface area contributed by atoms with E-state index in [9.17, 15) is 22.8 Å². The molecule has 1 aliphatic rings. The van der Waals surface area contributed by atoms with Crippen LogP contribution in [0.3, 0.4) is 0 Å². The van der Waals surface area contributed by atoms with Gasteiger partial charge in [-0.2, -0.15) is 4.72 Å². The Morgan fingerprint density at radius 3 is 2.68 bits per heavy atom. The monoisotopic (exact) mass is 529 g/mol. The first-order valence-electron chi connectivity index (χ1n) is 10.3. The van der Waals surface area contributed by atoms with E-state index in [1.54, 1.807) is 19.1 Å². The number of hydrogen-bond donors (Lipinski definition) is 2. The number of halogens is 1. The summed E-state index contributed by atoms with van der Waals surface area (Å²) in [6.07, 6.45) is 0.315. The summed E-state index contributed by atoms with van der Waals surface area (Å²) in [7, 11) is -3.12. The highest BCUT2D eigenvalue weighted by atomic mass is 35.5. The second kappa shape index (κ2) is 11.3. The number of thiophene rings is 1. The van der Waals surface area contributed by atoms with Gasteiger partial charge in [0.15, 0.2) is 0 Å². The third-order valence-corrected chi connectivity index (χ3v) is 7.86. The predicted molar refractivity (Wildman–Crippen MR) is 127 cm³/mol. The quantitative estimate of drug-likeness (QED) is 0.471. The highest BCUT2D eigenvalue weighted by Crippen LogP contribution is 2.29. The first-order chi connectivity index (χ1) is 16.2. The molecular formula is C21H24ClN3O7S2. The fourth-order valence-electron chi connectivity index (χ4n) is 3.47. The van der Waals surface area contributed by atoms with Gasteiger partial charge in [-0.1, -0.05) is 24.6 Å². The minimum absolute atomic E-state index is 0.0722. The summed E-state index contributed by atoms with van der Waals surface area (Å²) in [5, 5.41) is 2.52. The van der Waals surface area contributed by atoms with Crippen LogP contribution >= 0.6 is 22.9 Å². The number of benzene rings is 1. The summed E-state index contributed by atoms with van der Waals surface area (Å²) in [6, 6.07) is 6.29. The molecule has 0 aliphatic carbocycles. The number of morpholine rings is 1. The second-order valence-corrected chi connectivity index (χ2v) is 10.6. The normalized spacial score (nSPS) is 15.1. The molecule has 1 aromatic heterocycles. The molecule has 0 radical (unpaired) electrons. The van der Waals surface area contributed by atoms with Crippen molar-refractivity contribution in [1.82, 2.24) is 10.0 Å². The van der Waals surface area contributed by atoms with Gasteiger partial charge in [-0.25, -0.2) is 8.42 Å². The summed E-state index contributed by atoms with van der Waals surface area (Å²) in [4.78, 5) is 38.7. The summed E-state index contributed by atoms with van der Waals surface area (Å²) in [5.74, 6) is -1.65. The van der Waals surface area contributed by atoms with E-state index >= 15 is 0 Å². The minimum atomic E-state index is -4.23. The molecule has 0 saturated carbocycles. The standard InChI is InChI=1S/C21H24ClN3O7S2/c1-3-13-15(25-9-10-32-12-19(25)26)5-4-6-17(13)34(29,30)24-14(21(28)31-2)11-23-20(27)16-7-8-18(22)33-16/h4-8,14,24H,3,9-12H2,1-2H3,(H,23,27)/t14-/m0/s1. The summed E-state index contributed by atoms with van der Waals surface area (Å²) in [6.45, 7) is 1.98. The number of sulfonamides is 1. The van der Waals surface area contributed by atoms with Crippen molar-refractivity contribution in [1.29, 1.82) is 0 Å². The highest BCUT2D eigenvalue weighted by Gasteiger charge is 2.31. The van der Waals surface area contributed by atoms with Crippen LogP contribution in [-0.4, -0.2) is 65.7 Å². The zero-order chi connectivity index (χ0) is 24.9. The van der Waals surface area contributed by atoms with Gasteiger partial charge < -0.3 is 19.7 Å². The van der Waals surface area contributed by atoms with E-state index in [4.69, 9.17) is 21.1 Å². The van der Waals surface area contributed by atoms with Crippen LogP contribution in [0.2, 0.25) is 4.34 Å². The summed E-state index contributed by atoms with van der Waals surface area (Å²) >= 11 is 6.89. The number of carbonyl (C=O) groups is 3. The number of methoxy groups -OCH3 is 1. The molecule has 1 fully saturated rings. The second-order valence-electron chi connectivity index (χ2n) is 7.22. The first kappa shape index (κ1) is 26.1. The van der Waals surface area contributed by atoms with Crippen molar-refractivity contribution >= 4 is 56.4 Å². The van der Waals surface area contributed by atoms with Crippen LogP contribution in [0.15, 0.2) is 35.2 Å². The van der Waals surface area contributed by atoms with Gasteiger partial charge in [0.05, 0.1) is 27.8 Å². The third kappa shape index (κ3) is 5.94. The van der Waals surface area contributed by atoms with Crippen molar-refractivity contribution in [3.05, 3.63) is 45.1 Å². The van der Waals surface area contributed by atoms with Crippen LogP contribution in [0.1, 0.15) is 22.2 Å². The number of ether oxygens (including phenoxy) is 2. The zero-order valence-electron chi connectivity index (χ0n) is 18.5. The van der Waals surface area contributed by atoms with E-state index in [0.29, 0.717) is 40.0 Å². The molecular weight excluding hydrogens is 506 g/mol. The van der Waals surface area contributed by atoms with Crippen molar-refractivity contribution in [3.8, 4) is 0 Å². The van der Waals surface area contributed by atoms with Crippen LogP contribution in [-0.2, 0) is 35.5 Å².